The van der Waals surface area contributed by atoms with Gasteiger partial charge in [-0.3, -0.25) is 4.79 Å². The number of hydrogen-bond donors (Lipinski definition) is 0. The Hall–Kier alpha value is -1.86. The Balaban J connectivity index is 2.28. The first kappa shape index (κ1) is 14.5. The van der Waals surface area contributed by atoms with Crippen molar-refractivity contribution >= 4 is 11.5 Å². The van der Waals surface area contributed by atoms with Crippen LogP contribution in [0.15, 0.2) is 18.2 Å². The van der Waals surface area contributed by atoms with Crippen LogP contribution in [-0.2, 0) is 0 Å². The summed E-state index contributed by atoms with van der Waals surface area (Å²) in [5.74, 6) is 0.0424. The molecular weight excluding hydrogens is 250 g/mol. The number of hydrogen-bond acceptors (Lipinski definition) is 4. The van der Waals surface area contributed by atoms with Crippen LogP contribution in [0.2, 0.25) is 0 Å². The molecule has 106 valence electrons. The molecular formula is C16H21N3O. The van der Waals surface area contributed by atoms with E-state index in [1.165, 1.54) is 0 Å². The summed E-state index contributed by atoms with van der Waals surface area (Å²) in [6.45, 7) is 8.74. The summed E-state index contributed by atoms with van der Waals surface area (Å²) in [5, 5.41) is 9.28. The van der Waals surface area contributed by atoms with Crippen molar-refractivity contribution in [3.8, 4) is 6.07 Å². The number of ketones is 1. The predicted molar refractivity (Wildman–Crippen MR) is 80.1 cm³/mol. The summed E-state index contributed by atoms with van der Waals surface area (Å²) in [7, 11) is 0. The molecule has 0 N–H and O–H groups in total. The Kier molecular flexibility index (Phi) is 4.75. The largest absolute Gasteiger partial charge is 0.369 e. The molecule has 0 unspecified atom stereocenters. The number of benzene rings is 1. The number of nitrogens with zero attached hydrogens (tertiary/aromatic N) is 3. The second kappa shape index (κ2) is 6.53. The van der Waals surface area contributed by atoms with Crippen molar-refractivity contribution in [3.63, 3.8) is 0 Å². The van der Waals surface area contributed by atoms with Crippen LogP contribution in [0, 0.1) is 11.3 Å². The topological polar surface area (TPSA) is 47.3 Å². The number of likely N-dealkylation sites (N-methyl/N-ethyl adjacent to an activating group) is 1. The Morgan fingerprint density at radius 3 is 2.75 bits per heavy atom. The highest BCUT2D eigenvalue weighted by Gasteiger charge is 2.17. The van der Waals surface area contributed by atoms with Gasteiger partial charge in [0.15, 0.2) is 5.78 Å². The fourth-order valence-electron chi connectivity index (χ4n) is 2.63. The van der Waals surface area contributed by atoms with E-state index in [0.29, 0.717) is 11.1 Å². The first-order valence-electron chi connectivity index (χ1n) is 7.18. The quantitative estimate of drug-likeness (QED) is 0.791. The van der Waals surface area contributed by atoms with Gasteiger partial charge in [0, 0.05) is 25.2 Å². The summed E-state index contributed by atoms with van der Waals surface area (Å²) in [6.07, 6.45) is 1.09. The van der Waals surface area contributed by atoms with Gasteiger partial charge in [-0.1, -0.05) is 6.92 Å². The maximum absolute atomic E-state index is 11.5. The Labute approximate surface area is 120 Å². The third kappa shape index (κ3) is 3.17. The molecule has 1 aliphatic rings. The van der Waals surface area contributed by atoms with E-state index in [4.69, 9.17) is 0 Å². The van der Waals surface area contributed by atoms with E-state index >= 15 is 0 Å². The molecule has 4 nitrogen and oxygen atoms in total. The minimum atomic E-state index is 0.0424. The monoisotopic (exact) mass is 271 g/mol. The summed E-state index contributed by atoms with van der Waals surface area (Å²) in [5.41, 5.74) is 2.23. The predicted octanol–water partition coefficient (Wildman–Crippen LogP) is 2.29. The molecule has 0 spiro atoms. The molecule has 0 aliphatic carbocycles. The fourth-order valence-corrected chi connectivity index (χ4v) is 2.63. The molecule has 0 amide bonds. The van der Waals surface area contributed by atoms with Crippen LogP contribution in [0.25, 0.3) is 0 Å². The lowest BCUT2D eigenvalue weighted by Gasteiger charge is -2.24. The van der Waals surface area contributed by atoms with Gasteiger partial charge in [0.2, 0.25) is 0 Å². The van der Waals surface area contributed by atoms with Crippen LogP contribution in [0.5, 0.6) is 0 Å². The second-order valence-electron chi connectivity index (χ2n) is 5.17. The number of carbonyl (C=O) groups is 1. The van der Waals surface area contributed by atoms with E-state index < -0.39 is 0 Å². The van der Waals surface area contributed by atoms with Gasteiger partial charge in [0.05, 0.1) is 11.3 Å². The molecule has 2 rings (SSSR count). The van der Waals surface area contributed by atoms with Gasteiger partial charge in [-0.05, 0) is 44.6 Å². The third-order valence-corrected chi connectivity index (χ3v) is 3.90. The molecule has 0 atom stereocenters. The zero-order valence-electron chi connectivity index (χ0n) is 12.2. The highest BCUT2D eigenvalue weighted by molar-refractivity contribution is 5.95. The summed E-state index contributed by atoms with van der Waals surface area (Å²) < 4.78 is 0. The molecule has 1 fully saturated rings. The second-order valence-corrected chi connectivity index (χ2v) is 5.17. The Morgan fingerprint density at radius 1 is 1.30 bits per heavy atom. The van der Waals surface area contributed by atoms with Crippen LogP contribution in [-0.4, -0.2) is 43.4 Å². The first-order chi connectivity index (χ1) is 9.65. The standard InChI is InChI=1S/C16H21N3O/c1-3-18-7-4-8-19(10-9-18)16-11-14(13(2)20)5-6-15(16)12-17/h5-6,11H,3-4,7-10H2,1-2H3. The number of nitriles is 1. The molecule has 0 bridgehead atoms. The molecule has 1 aromatic carbocycles. The number of carbonyl (C=O) groups excluding carboxylic acids is 1. The smallest absolute Gasteiger partial charge is 0.159 e. The van der Waals surface area contributed by atoms with Gasteiger partial charge in [0.1, 0.15) is 6.07 Å². The molecule has 20 heavy (non-hydrogen) atoms. The molecule has 1 aliphatic heterocycles. The summed E-state index contributed by atoms with van der Waals surface area (Å²) in [4.78, 5) is 16.2. The van der Waals surface area contributed by atoms with E-state index in [1.54, 1.807) is 19.1 Å². The maximum atomic E-state index is 11.5. The number of rotatable bonds is 3. The molecule has 0 radical (unpaired) electrons. The third-order valence-electron chi connectivity index (χ3n) is 3.90. The summed E-state index contributed by atoms with van der Waals surface area (Å²) in [6, 6.07) is 7.60. The normalized spacial score (nSPS) is 16.6. The van der Waals surface area contributed by atoms with Gasteiger partial charge in [-0.15, -0.1) is 0 Å². The van der Waals surface area contributed by atoms with Gasteiger partial charge in [0.25, 0.3) is 0 Å². The number of Topliss-reactive ketones (excluding diaryl/α,β-unsaturated/α-hetero) is 1. The van der Waals surface area contributed by atoms with Gasteiger partial charge >= 0.3 is 0 Å². The highest BCUT2D eigenvalue weighted by atomic mass is 16.1. The van der Waals surface area contributed by atoms with Crippen LogP contribution in [0.1, 0.15) is 36.2 Å². The van der Waals surface area contributed by atoms with Crippen molar-refractivity contribution < 1.29 is 4.79 Å². The lowest BCUT2D eigenvalue weighted by molar-refractivity contribution is 0.101. The Bertz CT molecular complexity index is 533. The SMILES string of the molecule is CCN1CCCN(c2cc(C(C)=O)ccc2C#N)CC1. The van der Waals surface area contributed by atoms with Crippen molar-refractivity contribution in [2.75, 3.05) is 37.6 Å². The van der Waals surface area contributed by atoms with E-state index in [-0.39, 0.29) is 5.78 Å². The first-order valence-corrected chi connectivity index (χ1v) is 7.18. The maximum Gasteiger partial charge on any atom is 0.159 e. The average molecular weight is 271 g/mol. The van der Waals surface area contributed by atoms with Crippen molar-refractivity contribution in [2.24, 2.45) is 0 Å². The van der Waals surface area contributed by atoms with E-state index in [0.717, 1.165) is 44.8 Å². The minimum absolute atomic E-state index is 0.0424. The van der Waals surface area contributed by atoms with Crippen molar-refractivity contribution in [1.82, 2.24) is 4.90 Å². The van der Waals surface area contributed by atoms with Crippen LogP contribution >= 0.6 is 0 Å². The zero-order valence-corrected chi connectivity index (χ0v) is 12.2. The molecule has 4 heteroatoms. The fraction of sp³-hybridized carbons (Fsp3) is 0.500. The minimum Gasteiger partial charge on any atom is -0.369 e. The molecule has 1 aromatic rings. The van der Waals surface area contributed by atoms with Crippen LogP contribution in [0.3, 0.4) is 0 Å². The summed E-state index contributed by atoms with van der Waals surface area (Å²) >= 11 is 0. The lowest BCUT2D eigenvalue weighted by atomic mass is 10.1. The average Bonchev–Trinajstić information content (AvgIpc) is 2.71. The Morgan fingerprint density at radius 2 is 2.10 bits per heavy atom. The molecule has 1 heterocycles. The van der Waals surface area contributed by atoms with E-state index in [2.05, 4.69) is 22.8 Å². The van der Waals surface area contributed by atoms with Crippen molar-refractivity contribution in [2.45, 2.75) is 20.3 Å². The van der Waals surface area contributed by atoms with E-state index in [1.807, 2.05) is 6.07 Å². The van der Waals surface area contributed by atoms with Gasteiger partial charge < -0.3 is 9.80 Å². The van der Waals surface area contributed by atoms with E-state index in [9.17, 15) is 10.1 Å². The lowest BCUT2D eigenvalue weighted by Crippen LogP contribution is -2.31. The zero-order chi connectivity index (χ0) is 14.5. The van der Waals surface area contributed by atoms with Crippen LogP contribution in [0.4, 0.5) is 5.69 Å². The molecule has 0 saturated carbocycles. The van der Waals surface area contributed by atoms with Crippen molar-refractivity contribution in [3.05, 3.63) is 29.3 Å². The molecule has 1 saturated heterocycles. The number of anilines is 1. The molecule has 0 aromatic heterocycles. The van der Waals surface area contributed by atoms with Crippen LogP contribution < -0.4 is 4.90 Å². The highest BCUT2D eigenvalue weighted by Crippen LogP contribution is 2.23. The van der Waals surface area contributed by atoms with Gasteiger partial charge in [-0.25, -0.2) is 0 Å². The van der Waals surface area contributed by atoms with Crippen molar-refractivity contribution in [1.29, 1.82) is 5.26 Å². The van der Waals surface area contributed by atoms with Gasteiger partial charge in [-0.2, -0.15) is 5.26 Å².